The van der Waals surface area contributed by atoms with Crippen molar-refractivity contribution in [1.29, 1.82) is 0 Å². The topological polar surface area (TPSA) is 49.6 Å². The fourth-order valence-corrected chi connectivity index (χ4v) is 4.03. The Hall–Kier alpha value is -2.91. The molecule has 0 radical (unpaired) electrons. The van der Waals surface area contributed by atoms with Crippen LogP contribution >= 0.6 is 11.6 Å². The van der Waals surface area contributed by atoms with Crippen LogP contribution in [0.15, 0.2) is 42.5 Å². The number of nitrogens with zero attached hydrogens (tertiary/aromatic N) is 6. The lowest BCUT2D eigenvalue weighted by molar-refractivity contribution is -0.137. The van der Waals surface area contributed by atoms with Crippen molar-refractivity contribution in [3.05, 3.63) is 53.1 Å². The zero-order chi connectivity index (χ0) is 21.8. The molecule has 2 aromatic heterocycles. The van der Waals surface area contributed by atoms with Gasteiger partial charge in [-0.2, -0.15) is 17.7 Å². The highest BCUT2D eigenvalue weighted by Gasteiger charge is 2.31. The molecular formula is C21H18ClF3N6. The van der Waals surface area contributed by atoms with Crippen LogP contribution in [0.25, 0.3) is 27.8 Å². The minimum Gasteiger partial charge on any atom is -0.353 e. The highest BCUT2D eigenvalue weighted by molar-refractivity contribution is 6.31. The molecule has 10 heteroatoms. The Kier molecular flexibility index (Phi) is 4.75. The third kappa shape index (κ3) is 3.57. The van der Waals surface area contributed by atoms with Crippen molar-refractivity contribution < 1.29 is 13.2 Å². The van der Waals surface area contributed by atoms with E-state index in [2.05, 4.69) is 27.2 Å². The molecule has 0 saturated carbocycles. The summed E-state index contributed by atoms with van der Waals surface area (Å²) in [6, 6.07) is 10.5. The summed E-state index contributed by atoms with van der Waals surface area (Å²) in [6.07, 6.45) is -4.44. The molecule has 0 atom stereocenters. The third-order valence-electron chi connectivity index (χ3n) is 5.55. The number of fused-ring (bicyclic) bond motifs is 3. The summed E-state index contributed by atoms with van der Waals surface area (Å²) in [6.45, 7) is 3.32. The van der Waals surface area contributed by atoms with E-state index in [-0.39, 0.29) is 0 Å². The van der Waals surface area contributed by atoms with Crippen molar-refractivity contribution >= 4 is 34.0 Å². The van der Waals surface area contributed by atoms with Gasteiger partial charge in [0.1, 0.15) is 11.5 Å². The van der Waals surface area contributed by atoms with Crippen LogP contribution in [-0.4, -0.2) is 57.9 Å². The lowest BCUT2D eigenvalue weighted by Gasteiger charge is -2.33. The molecule has 0 bridgehead atoms. The van der Waals surface area contributed by atoms with Crippen LogP contribution in [0.5, 0.6) is 0 Å². The Labute approximate surface area is 180 Å². The molecular weight excluding hydrogens is 429 g/mol. The second-order valence-corrected chi connectivity index (χ2v) is 8.08. The molecule has 3 heterocycles. The molecule has 6 nitrogen and oxygen atoms in total. The Bertz CT molecular complexity index is 1280. The number of anilines is 1. The molecule has 1 saturated heterocycles. The molecule has 0 spiro atoms. The molecule has 0 aliphatic carbocycles. The van der Waals surface area contributed by atoms with Gasteiger partial charge in [-0.15, -0.1) is 5.10 Å². The Morgan fingerprint density at radius 2 is 1.77 bits per heavy atom. The number of piperazine rings is 1. The van der Waals surface area contributed by atoms with Crippen molar-refractivity contribution in [1.82, 2.24) is 24.7 Å². The van der Waals surface area contributed by atoms with E-state index in [4.69, 9.17) is 16.6 Å². The number of benzene rings is 2. The second kappa shape index (κ2) is 7.35. The van der Waals surface area contributed by atoms with Gasteiger partial charge in [0, 0.05) is 42.2 Å². The average molecular weight is 447 g/mol. The summed E-state index contributed by atoms with van der Waals surface area (Å²) >= 11 is 6.26. The van der Waals surface area contributed by atoms with E-state index < -0.39 is 11.7 Å². The maximum atomic E-state index is 13.2. The number of alkyl halides is 3. The number of hydrogen-bond donors (Lipinski definition) is 0. The highest BCUT2D eigenvalue weighted by atomic mass is 35.5. The molecule has 1 aliphatic rings. The Morgan fingerprint density at radius 3 is 2.52 bits per heavy atom. The maximum absolute atomic E-state index is 13.2. The molecule has 160 valence electrons. The standard InChI is InChI=1S/C21H18ClF3N6/c1-29-7-9-30(10-8-29)19-16-12-15(22)5-6-17(16)31-20(26-19)18(27-28-31)13-3-2-4-14(11-13)21(23,24)25/h2-6,11-12H,7-10H2,1H3. The van der Waals surface area contributed by atoms with Gasteiger partial charge in [0.05, 0.1) is 11.1 Å². The SMILES string of the molecule is CN1CCN(c2nc3c(-c4cccc(C(F)(F)F)c4)nnn3c3ccc(Cl)cc23)CC1. The van der Waals surface area contributed by atoms with Crippen molar-refractivity contribution in [2.45, 2.75) is 6.18 Å². The summed E-state index contributed by atoms with van der Waals surface area (Å²) in [5, 5.41) is 9.77. The zero-order valence-electron chi connectivity index (χ0n) is 16.6. The molecule has 1 fully saturated rings. The van der Waals surface area contributed by atoms with Gasteiger partial charge in [-0.25, -0.2) is 4.98 Å². The van der Waals surface area contributed by atoms with E-state index in [1.54, 1.807) is 16.6 Å². The fraction of sp³-hybridized carbons (Fsp3) is 0.286. The summed E-state index contributed by atoms with van der Waals surface area (Å²) < 4.78 is 41.2. The summed E-state index contributed by atoms with van der Waals surface area (Å²) in [5.41, 5.74) is 1.03. The number of likely N-dealkylation sites (N-methyl/N-ethyl adjacent to an activating group) is 1. The van der Waals surface area contributed by atoms with Gasteiger partial charge >= 0.3 is 6.18 Å². The van der Waals surface area contributed by atoms with E-state index in [0.717, 1.165) is 55.0 Å². The molecule has 1 aliphatic heterocycles. The predicted molar refractivity (Wildman–Crippen MR) is 113 cm³/mol. The lowest BCUT2D eigenvalue weighted by atomic mass is 10.1. The first kappa shape index (κ1) is 20.0. The van der Waals surface area contributed by atoms with Gasteiger partial charge in [0.25, 0.3) is 0 Å². The van der Waals surface area contributed by atoms with Gasteiger partial charge in [-0.1, -0.05) is 28.9 Å². The first-order valence-corrected chi connectivity index (χ1v) is 10.1. The van der Waals surface area contributed by atoms with Crippen LogP contribution in [0.3, 0.4) is 0 Å². The quantitative estimate of drug-likeness (QED) is 0.457. The normalized spacial score (nSPS) is 15.8. The van der Waals surface area contributed by atoms with Crippen LogP contribution in [-0.2, 0) is 6.18 Å². The smallest absolute Gasteiger partial charge is 0.353 e. The van der Waals surface area contributed by atoms with Crippen molar-refractivity contribution in [2.24, 2.45) is 0 Å². The van der Waals surface area contributed by atoms with E-state index in [9.17, 15) is 13.2 Å². The van der Waals surface area contributed by atoms with Gasteiger partial charge in [-0.05, 0) is 37.4 Å². The van der Waals surface area contributed by atoms with Crippen LogP contribution in [0, 0.1) is 0 Å². The summed E-state index contributed by atoms with van der Waals surface area (Å²) in [7, 11) is 2.07. The molecule has 5 rings (SSSR count). The van der Waals surface area contributed by atoms with Crippen LogP contribution in [0.2, 0.25) is 5.02 Å². The second-order valence-electron chi connectivity index (χ2n) is 7.64. The number of halogens is 4. The molecule has 4 aromatic rings. The Balaban J connectivity index is 1.73. The van der Waals surface area contributed by atoms with E-state index in [0.29, 0.717) is 21.9 Å². The van der Waals surface area contributed by atoms with Gasteiger partial charge < -0.3 is 9.80 Å². The van der Waals surface area contributed by atoms with Crippen molar-refractivity contribution in [3.63, 3.8) is 0 Å². The number of aromatic nitrogens is 4. The van der Waals surface area contributed by atoms with Crippen LogP contribution in [0.1, 0.15) is 5.56 Å². The minimum absolute atomic E-state index is 0.304. The van der Waals surface area contributed by atoms with Crippen LogP contribution in [0.4, 0.5) is 19.0 Å². The monoisotopic (exact) mass is 446 g/mol. The summed E-state index contributed by atoms with van der Waals surface area (Å²) in [5.74, 6) is 0.730. The lowest BCUT2D eigenvalue weighted by Crippen LogP contribution is -2.45. The number of hydrogen-bond acceptors (Lipinski definition) is 5. The van der Waals surface area contributed by atoms with E-state index in [1.807, 2.05) is 12.1 Å². The predicted octanol–water partition coefficient (Wildman–Crippen LogP) is 4.37. The fourth-order valence-electron chi connectivity index (χ4n) is 3.86. The highest BCUT2D eigenvalue weighted by Crippen LogP contribution is 2.35. The Morgan fingerprint density at radius 1 is 1.00 bits per heavy atom. The maximum Gasteiger partial charge on any atom is 0.416 e. The molecule has 0 amide bonds. The van der Waals surface area contributed by atoms with Gasteiger partial charge in [-0.3, -0.25) is 0 Å². The first-order chi connectivity index (χ1) is 14.8. The van der Waals surface area contributed by atoms with Gasteiger partial charge in [0.2, 0.25) is 0 Å². The van der Waals surface area contributed by atoms with E-state index in [1.165, 1.54) is 6.07 Å². The van der Waals surface area contributed by atoms with Gasteiger partial charge in [0.15, 0.2) is 5.65 Å². The average Bonchev–Trinajstić information content (AvgIpc) is 3.17. The van der Waals surface area contributed by atoms with Crippen LogP contribution < -0.4 is 4.90 Å². The van der Waals surface area contributed by atoms with E-state index >= 15 is 0 Å². The van der Waals surface area contributed by atoms with Crippen molar-refractivity contribution in [3.8, 4) is 11.3 Å². The largest absolute Gasteiger partial charge is 0.416 e. The molecule has 0 N–H and O–H groups in total. The molecule has 31 heavy (non-hydrogen) atoms. The molecule has 2 aromatic carbocycles. The summed E-state index contributed by atoms with van der Waals surface area (Å²) in [4.78, 5) is 9.23. The first-order valence-electron chi connectivity index (χ1n) is 9.77. The zero-order valence-corrected chi connectivity index (χ0v) is 17.3. The third-order valence-corrected chi connectivity index (χ3v) is 5.79. The molecule has 0 unspecified atom stereocenters. The number of rotatable bonds is 2. The van der Waals surface area contributed by atoms with Crippen molar-refractivity contribution in [2.75, 3.05) is 38.1 Å². The minimum atomic E-state index is -4.44.